The second-order valence-electron chi connectivity index (χ2n) is 12.8. The van der Waals surface area contributed by atoms with E-state index in [0.29, 0.717) is 50.3 Å². The summed E-state index contributed by atoms with van der Waals surface area (Å²) in [5.41, 5.74) is 6.26. The molecule has 3 heterocycles. The summed E-state index contributed by atoms with van der Waals surface area (Å²) in [6, 6.07) is 13.8. The van der Waals surface area contributed by atoms with Gasteiger partial charge in [-0.2, -0.15) is 0 Å². The van der Waals surface area contributed by atoms with E-state index in [4.69, 9.17) is 13.6 Å². The Labute approximate surface area is 281 Å². The number of phenolic OH excluding ortho intramolecular Hbond substituents is 6. The second kappa shape index (κ2) is 12.2. The highest BCUT2D eigenvalue weighted by atomic mass is 16.5. The standard InChI is InChI=1S/C40H36O9/c1-20(2)5-4-6-21(3)7-10-27-37(46)34(45)17-29-28(38(49-39(27)29)26-12-9-23(41)15-33(26)44)13-22-14-30-35(18-32(22)43)47-19-31-25-11-8-24(42)16-36(25)48-40(30)31/h5,7-9,11-12,14-18,41-46H,4,6,10,13,19H2,1-3H3. The summed E-state index contributed by atoms with van der Waals surface area (Å²) < 4.78 is 18.6. The fourth-order valence-electron chi connectivity index (χ4n) is 6.48. The van der Waals surface area contributed by atoms with Gasteiger partial charge in [-0.15, -0.1) is 0 Å². The van der Waals surface area contributed by atoms with Crippen LogP contribution in [-0.2, 0) is 19.4 Å². The molecular weight excluding hydrogens is 624 g/mol. The molecule has 4 aromatic carbocycles. The Morgan fingerprint density at radius 3 is 2.27 bits per heavy atom. The SMILES string of the molecule is CC(C)=CCCC(C)=CCc1c(O)c(O)cc2c(Cc3cc4c(cc3O)OCc3c-4oc4cc(O)ccc34)c(-c3ccc(O)cc3O)oc12. The number of ether oxygens (including phenoxy) is 1. The maximum atomic E-state index is 11.3. The molecule has 6 aromatic rings. The predicted molar refractivity (Wildman–Crippen MR) is 187 cm³/mol. The Balaban J connectivity index is 1.37. The van der Waals surface area contributed by atoms with Crippen molar-refractivity contribution in [3.63, 3.8) is 0 Å². The molecule has 0 atom stereocenters. The highest BCUT2D eigenvalue weighted by Crippen LogP contribution is 2.49. The van der Waals surface area contributed by atoms with Crippen LogP contribution in [0.2, 0.25) is 0 Å². The Hall–Kier alpha value is -5.96. The summed E-state index contributed by atoms with van der Waals surface area (Å²) in [5, 5.41) is 65.5. The molecule has 49 heavy (non-hydrogen) atoms. The Morgan fingerprint density at radius 2 is 1.49 bits per heavy atom. The second-order valence-corrected chi connectivity index (χ2v) is 12.8. The van der Waals surface area contributed by atoms with Crippen LogP contribution in [0.15, 0.2) is 86.7 Å². The minimum atomic E-state index is -0.333. The first-order chi connectivity index (χ1) is 23.5. The van der Waals surface area contributed by atoms with E-state index < -0.39 is 0 Å². The average molecular weight is 661 g/mol. The van der Waals surface area contributed by atoms with Gasteiger partial charge in [0.2, 0.25) is 0 Å². The number of allylic oxidation sites excluding steroid dienone is 4. The fourth-order valence-corrected chi connectivity index (χ4v) is 6.48. The summed E-state index contributed by atoms with van der Waals surface area (Å²) in [6.45, 7) is 6.35. The van der Waals surface area contributed by atoms with Crippen molar-refractivity contribution in [3.05, 3.63) is 100 Å². The van der Waals surface area contributed by atoms with E-state index in [1.165, 1.54) is 35.9 Å². The molecule has 0 amide bonds. The van der Waals surface area contributed by atoms with Gasteiger partial charge in [-0.3, -0.25) is 0 Å². The molecule has 9 nitrogen and oxygen atoms in total. The topological polar surface area (TPSA) is 157 Å². The highest BCUT2D eigenvalue weighted by Gasteiger charge is 2.29. The number of phenols is 6. The maximum Gasteiger partial charge on any atom is 0.164 e. The first-order valence-electron chi connectivity index (χ1n) is 16.0. The molecule has 7 rings (SSSR count). The minimum Gasteiger partial charge on any atom is -0.508 e. The summed E-state index contributed by atoms with van der Waals surface area (Å²) >= 11 is 0. The van der Waals surface area contributed by atoms with Gasteiger partial charge in [0.05, 0.1) is 11.1 Å². The third-order valence-corrected chi connectivity index (χ3v) is 9.04. The molecule has 250 valence electrons. The van der Waals surface area contributed by atoms with Crippen molar-refractivity contribution in [2.75, 3.05) is 0 Å². The lowest BCUT2D eigenvalue weighted by atomic mass is 9.93. The third-order valence-electron chi connectivity index (χ3n) is 9.04. The number of benzene rings is 4. The average Bonchev–Trinajstić information content (AvgIpc) is 3.59. The molecule has 0 aliphatic carbocycles. The summed E-state index contributed by atoms with van der Waals surface area (Å²) in [4.78, 5) is 0. The predicted octanol–water partition coefficient (Wildman–Crippen LogP) is 9.46. The number of aromatic hydroxyl groups is 6. The first-order valence-corrected chi connectivity index (χ1v) is 16.0. The van der Waals surface area contributed by atoms with Gasteiger partial charge < -0.3 is 44.2 Å². The van der Waals surface area contributed by atoms with Gasteiger partial charge in [-0.25, -0.2) is 0 Å². The first kappa shape index (κ1) is 31.6. The molecule has 0 saturated carbocycles. The zero-order valence-electron chi connectivity index (χ0n) is 27.3. The van der Waals surface area contributed by atoms with Gasteiger partial charge in [0, 0.05) is 52.1 Å². The van der Waals surface area contributed by atoms with Crippen molar-refractivity contribution in [2.24, 2.45) is 0 Å². The van der Waals surface area contributed by atoms with Crippen LogP contribution in [0.1, 0.15) is 55.9 Å². The zero-order valence-corrected chi connectivity index (χ0v) is 27.3. The van der Waals surface area contributed by atoms with E-state index >= 15 is 0 Å². The number of hydrogen-bond acceptors (Lipinski definition) is 9. The van der Waals surface area contributed by atoms with Crippen molar-refractivity contribution in [1.29, 1.82) is 0 Å². The quantitative estimate of drug-likeness (QED) is 0.0691. The number of hydrogen-bond donors (Lipinski definition) is 6. The molecule has 0 radical (unpaired) electrons. The van der Waals surface area contributed by atoms with Crippen LogP contribution < -0.4 is 4.74 Å². The van der Waals surface area contributed by atoms with Crippen molar-refractivity contribution < 1.29 is 44.2 Å². The molecule has 0 saturated heterocycles. The fraction of sp³-hybridized carbons (Fsp3) is 0.200. The Bertz CT molecular complexity index is 2330. The van der Waals surface area contributed by atoms with E-state index in [1.807, 2.05) is 13.0 Å². The van der Waals surface area contributed by atoms with Crippen LogP contribution in [0.5, 0.6) is 40.2 Å². The van der Waals surface area contributed by atoms with Gasteiger partial charge in [0.1, 0.15) is 58.0 Å². The minimum absolute atomic E-state index is 0.0515. The molecule has 0 spiro atoms. The highest BCUT2D eigenvalue weighted by molar-refractivity contribution is 5.95. The van der Waals surface area contributed by atoms with Crippen molar-refractivity contribution in [1.82, 2.24) is 0 Å². The van der Waals surface area contributed by atoms with Crippen LogP contribution in [0.25, 0.3) is 44.6 Å². The lowest BCUT2D eigenvalue weighted by molar-refractivity contribution is 0.298. The van der Waals surface area contributed by atoms with Crippen molar-refractivity contribution in [2.45, 2.75) is 53.1 Å². The Kier molecular flexibility index (Phi) is 7.90. The monoisotopic (exact) mass is 660 g/mol. The zero-order chi connectivity index (χ0) is 34.6. The third kappa shape index (κ3) is 5.77. The largest absolute Gasteiger partial charge is 0.508 e. The molecular formula is C40H36O9. The lowest BCUT2D eigenvalue weighted by Gasteiger charge is -2.19. The molecule has 9 heteroatoms. The number of rotatable bonds is 8. The van der Waals surface area contributed by atoms with Gasteiger partial charge in [0.15, 0.2) is 11.5 Å². The molecule has 1 aliphatic rings. The van der Waals surface area contributed by atoms with Gasteiger partial charge in [-0.05, 0) is 82.0 Å². The van der Waals surface area contributed by atoms with Crippen LogP contribution in [0.4, 0.5) is 0 Å². The van der Waals surface area contributed by atoms with Crippen molar-refractivity contribution in [3.8, 4) is 62.9 Å². The summed E-state index contributed by atoms with van der Waals surface area (Å²) in [5.74, 6) is 0.260. The molecule has 0 unspecified atom stereocenters. The van der Waals surface area contributed by atoms with Crippen molar-refractivity contribution >= 4 is 21.9 Å². The Morgan fingerprint density at radius 1 is 0.714 bits per heavy atom. The van der Waals surface area contributed by atoms with Crippen LogP contribution in [0.3, 0.4) is 0 Å². The van der Waals surface area contributed by atoms with E-state index in [0.717, 1.165) is 29.4 Å². The van der Waals surface area contributed by atoms with Gasteiger partial charge in [-0.1, -0.05) is 23.3 Å². The van der Waals surface area contributed by atoms with E-state index in [1.54, 1.807) is 24.3 Å². The van der Waals surface area contributed by atoms with Crippen LogP contribution >= 0.6 is 0 Å². The molecule has 1 aliphatic heterocycles. The van der Waals surface area contributed by atoms with Crippen LogP contribution in [0, 0.1) is 0 Å². The van der Waals surface area contributed by atoms with Gasteiger partial charge in [0.25, 0.3) is 0 Å². The molecule has 0 fully saturated rings. The van der Waals surface area contributed by atoms with Crippen LogP contribution in [-0.4, -0.2) is 30.6 Å². The molecule has 0 bridgehead atoms. The van der Waals surface area contributed by atoms with E-state index in [-0.39, 0.29) is 65.3 Å². The van der Waals surface area contributed by atoms with Gasteiger partial charge >= 0.3 is 0 Å². The lowest BCUT2D eigenvalue weighted by Crippen LogP contribution is -2.04. The maximum absolute atomic E-state index is 11.3. The number of furan rings is 2. The summed E-state index contributed by atoms with van der Waals surface area (Å²) in [7, 11) is 0. The smallest absolute Gasteiger partial charge is 0.164 e. The summed E-state index contributed by atoms with van der Waals surface area (Å²) in [6.07, 6.45) is 6.23. The normalized spacial score (nSPS) is 12.6. The van der Waals surface area contributed by atoms with E-state index in [2.05, 4.69) is 19.9 Å². The number of fused-ring (bicyclic) bond motifs is 6. The molecule has 2 aromatic heterocycles. The molecule has 6 N–H and O–H groups in total. The van der Waals surface area contributed by atoms with E-state index in [9.17, 15) is 30.6 Å².